The number of hydrogen-bond donors (Lipinski definition) is 4. The SMILES string of the molecule is CCOC(=O)C1=C(C)N=c2[nH]c(=Cc3ccc(-c4ccc(C(N)=O)cc4)[nH]3)c(O)c2C1c1ccc(OC)cc1. The molecular weight excluding hydrogens is 496 g/mol. The van der Waals surface area contributed by atoms with E-state index < -0.39 is 17.8 Å². The van der Waals surface area contributed by atoms with Crippen LogP contribution in [0.3, 0.4) is 0 Å². The molecule has 0 bridgehead atoms. The molecule has 1 atom stereocenters. The zero-order valence-corrected chi connectivity index (χ0v) is 21.7. The normalized spacial score (nSPS) is 15.1. The quantitative estimate of drug-likeness (QED) is 0.275. The van der Waals surface area contributed by atoms with Crippen LogP contribution in [0.15, 0.2) is 76.9 Å². The van der Waals surface area contributed by atoms with Crippen LogP contribution in [0.5, 0.6) is 11.5 Å². The molecule has 198 valence electrons. The van der Waals surface area contributed by atoms with Gasteiger partial charge in [-0.2, -0.15) is 0 Å². The fourth-order valence-corrected chi connectivity index (χ4v) is 4.80. The van der Waals surface area contributed by atoms with E-state index in [1.165, 1.54) is 0 Å². The number of rotatable bonds is 7. The number of methoxy groups -OCH3 is 1. The minimum Gasteiger partial charge on any atom is -0.505 e. The molecule has 4 aromatic rings. The van der Waals surface area contributed by atoms with E-state index in [0.29, 0.717) is 39.0 Å². The molecule has 3 heterocycles. The number of aromatic hydroxyl groups is 1. The number of benzene rings is 2. The monoisotopic (exact) mass is 524 g/mol. The first-order valence-corrected chi connectivity index (χ1v) is 12.4. The molecule has 2 aromatic heterocycles. The van der Waals surface area contributed by atoms with Gasteiger partial charge in [0.15, 0.2) is 0 Å². The number of fused-ring (bicyclic) bond motifs is 1. The molecule has 0 aliphatic carbocycles. The lowest BCUT2D eigenvalue weighted by Crippen LogP contribution is -2.26. The van der Waals surface area contributed by atoms with Gasteiger partial charge in [0.1, 0.15) is 17.0 Å². The number of nitrogens with one attached hydrogen (secondary N) is 2. The summed E-state index contributed by atoms with van der Waals surface area (Å²) >= 11 is 0. The molecule has 2 aromatic carbocycles. The van der Waals surface area contributed by atoms with E-state index in [0.717, 1.165) is 22.5 Å². The highest BCUT2D eigenvalue weighted by atomic mass is 16.5. The van der Waals surface area contributed by atoms with Crippen molar-refractivity contribution in [2.75, 3.05) is 13.7 Å². The number of aromatic nitrogens is 2. The number of hydrogen-bond acceptors (Lipinski definition) is 6. The zero-order valence-electron chi connectivity index (χ0n) is 21.7. The maximum Gasteiger partial charge on any atom is 0.336 e. The minimum atomic E-state index is -0.594. The number of primary amides is 1. The van der Waals surface area contributed by atoms with Crippen molar-refractivity contribution in [1.29, 1.82) is 0 Å². The van der Waals surface area contributed by atoms with Gasteiger partial charge in [0.2, 0.25) is 5.91 Å². The molecule has 1 amide bonds. The molecule has 9 nitrogen and oxygen atoms in total. The predicted octanol–water partition coefficient (Wildman–Crippen LogP) is 3.25. The third-order valence-electron chi connectivity index (χ3n) is 6.70. The third kappa shape index (κ3) is 4.82. The summed E-state index contributed by atoms with van der Waals surface area (Å²) in [4.78, 5) is 35.5. The molecule has 1 unspecified atom stereocenters. The Morgan fingerprint density at radius 3 is 2.41 bits per heavy atom. The van der Waals surface area contributed by atoms with Crippen LogP contribution in [0.2, 0.25) is 0 Å². The highest BCUT2D eigenvalue weighted by Crippen LogP contribution is 2.38. The van der Waals surface area contributed by atoms with Gasteiger partial charge in [-0.05, 0) is 67.4 Å². The molecule has 0 saturated heterocycles. The lowest BCUT2D eigenvalue weighted by molar-refractivity contribution is -0.138. The van der Waals surface area contributed by atoms with E-state index in [1.807, 2.05) is 48.5 Å². The van der Waals surface area contributed by atoms with Crippen LogP contribution in [0.1, 0.15) is 46.9 Å². The van der Waals surface area contributed by atoms with E-state index in [4.69, 9.17) is 15.2 Å². The average Bonchev–Trinajstić information content (AvgIpc) is 3.52. The largest absolute Gasteiger partial charge is 0.505 e. The smallest absolute Gasteiger partial charge is 0.336 e. The van der Waals surface area contributed by atoms with Crippen molar-refractivity contribution in [2.45, 2.75) is 19.8 Å². The van der Waals surface area contributed by atoms with Crippen molar-refractivity contribution in [2.24, 2.45) is 10.7 Å². The number of H-pyrrole nitrogens is 2. The Labute approximate surface area is 224 Å². The predicted molar refractivity (Wildman–Crippen MR) is 146 cm³/mol. The van der Waals surface area contributed by atoms with Gasteiger partial charge < -0.3 is 30.3 Å². The van der Waals surface area contributed by atoms with Crippen LogP contribution in [0.25, 0.3) is 17.3 Å². The van der Waals surface area contributed by atoms with Crippen molar-refractivity contribution in [3.63, 3.8) is 0 Å². The lowest BCUT2D eigenvalue weighted by atomic mass is 9.83. The van der Waals surface area contributed by atoms with Crippen LogP contribution in [-0.2, 0) is 9.53 Å². The van der Waals surface area contributed by atoms with Gasteiger partial charge in [-0.25, -0.2) is 9.79 Å². The minimum absolute atomic E-state index is 0.00849. The van der Waals surface area contributed by atoms with E-state index in [-0.39, 0.29) is 12.4 Å². The van der Waals surface area contributed by atoms with Crippen LogP contribution in [0, 0.1) is 0 Å². The summed E-state index contributed by atoms with van der Waals surface area (Å²) in [5.74, 6) is -0.887. The number of nitrogens with zero attached hydrogens (tertiary/aromatic N) is 1. The molecule has 5 rings (SSSR count). The van der Waals surface area contributed by atoms with Gasteiger partial charge in [-0.15, -0.1) is 0 Å². The van der Waals surface area contributed by atoms with Crippen molar-refractivity contribution in [3.05, 3.63) is 105 Å². The summed E-state index contributed by atoms with van der Waals surface area (Å²) in [6.07, 6.45) is 1.77. The highest BCUT2D eigenvalue weighted by molar-refractivity contribution is 5.93. The Kier molecular flexibility index (Phi) is 6.81. The van der Waals surface area contributed by atoms with Crippen LogP contribution < -0.4 is 21.3 Å². The Hall–Kier alpha value is -5.05. The number of allylic oxidation sites excluding steroid dienone is 1. The second kappa shape index (κ2) is 10.4. The van der Waals surface area contributed by atoms with Crippen LogP contribution in [0.4, 0.5) is 0 Å². The number of esters is 1. The van der Waals surface area contributed by atoms with Gasteiger partial charge in [0.05, 0.1) is 41.8 Å². The summed E-state index contributed by atoms with van der Waals surface area (Å²) in [5.41, 5.74) is 10.8. The van der Waals surface area contributed by atoms with E-state index in [2.05, 4.69) is 15.0 Å². The standard InChI is InChI=1S/C30H28N4O5/c1-4-39-30(37)24-16(2)32-29-26(25(24)18-9-12-21(38-3)13-10-18)27(35)23(34-29)15-20-11-14-22(33-20)17-5-7-19(8-6-17)28(31)36/h5-15,25,33,35H,4H2,1-3H3,(H2,31,36)(H,32,34). The van der Waals surface area contributed by atoms with E-state index in [9.17, 15) is 14.7 Å². The summed E-state index contributed by atoms with van der Waals surface area (Å²) in [6.45, 7) is 3.73. The van der Waals surface area contributed by atoms with Gasteiger partial charge in [-0.3, -0.25) is 4.79 Å². The second-order valence-corrected chi connectivity index (χ2v) is 9.10. The number of ether oxygens (including phenoxy) is 2. The van der Waals surface area contributed by atoms with Gasteiger partial charge in [0.25, 0.3) is 0 Å². The maximum absolute atomic E-state index is 13.0. The fraction of sp³-hybridized carbons (Fsp3) is 0.167. The topological polar surface area (TPSA) is 143 Å². The first-order valence-electron chi connectivity index (χ1n) is 12.4. The van der Waals surface area contributed by atoms with Crippen LogP contribution in [-0.4, -0.2) is 40.7 Å². The average molecular weight is 525 g/mol. The molecule has 1 aliphatic heterocycles. The van der Waals surface area contributed by atoms with Crippen molar-refractivity contribution < 1.29 is 24.2 Å². The summed E-state index contributed by atoms with van der Waals surface area (Å²) < 4.78 is 10.7. The molecule has 0 radical (unpaired) electrons. The number of carbonyl (C=O) groups excluding carboxylic acids is 2. The fourth-order valence-electron chi connectivity index (χ4n) is 4.80. The van der Waals surface area contributed by atoms with Gasteiger partial charge in [-0.1, -0.05) is 24.3 Å². The molecule has 0 fully saturated rings. The second-order valence-electron chi connectivity index (χ2n) is 9.10. The highest BCUT2D eigenvalue weighted by Gasteiger charge is 2.35. The summed E-state index contributed by atoms with van der Waals surface area (Å²) in [7, 11) is 1.59. The van der Waals surface area contributed by atoms with Crippen molar-refractivity contribution in [3.8, 4) is 22.8 Å². The zero-order chi connectivity index (χ0) is 27.7. The molecule has 5 N–H and O–H groups in total. The molecular formula is C30H28N4O5. The Morgan fingerprint density at radius 2 is 1.77 bits per heavy atom. The molecule has 1 aliphatic rings. The van der Waals surface area contributed by atoms with Crippen molar-refractivity contribution >= 4 is 18.0 Å². The van der Waals surface area contributed by atoms with Gasteiger partial charge >= 0.3 is 5.97 Å². The first-order chi connectivity index (χ1) is 18.8. The Morgan fingerprint density at radius 1 is 1.05 bits per heavy atom. The Balaban J connectivity index is 1.58. The number of carbonyl (C=O) groups is 2. The van der Waals surface area contributed by atoms with E-state index >= 15 is 0 Å². The number of aromatic amines is 2. The number of nitrogens with two attached hydrogens (primary N) is 1. The third-order valence-corrected chi connectivity index (χ3v) is 6.70. The van der Waals surface area contributed by atoms with Crippen molar-refractivity contribution in [1.82, 2.24) is 9.97 Å². The molecule has 0 spiro atoms. The number of amides is 1. The van der Waals surface area contributed by atoms with E-state index in [1.54, 1.807) is 39.2 Å². The molecule has 39 heavy (non-hydrogen) atoms. The summed E-state index contributed by atoms with van der Waals surface area (Å²) in [6, 6.07) is 18.1. The van der Waals surface area contributed by atoms with Crippen LogP contribution >= 0.6 is 0 Å². The molecule has 9 heteroatoms. The summed E-state index contributed by atoms with van der Waals surface area (Å²) in [5, 5.41) is 11.9. The van der Waals surface area contributed by atoms with Gasteiger partial charge in [0, 0.05) is 17.0 Å². The maximum atomic E-state index is 13.0. The Bertz CT molecular complexity index is 1710. The lowest BCUT2D eigenvalue weighted by Gasteiger charge is -2.23. The molecule has 0 saturated carbocycles. The first kappa shape index (κ1) is 25.6.